The van der Waals surface area contributed by atoms with Crippen LogP contribution in [0.4, 0.5) is 4.39 Å². The highest BCUT2D eigenvalue weighted by molar-refractivity contribution is 5.98. The number of rotatable bonds is 5. The molecule has 0 unspecified atom stereocenters. The minimum Gasteiger partial charge on any atom is -0.335 e. The lowest BCUT2D eigenvalue weighted by molar-refractivity contribution is 0.0498. The minimum absolute atomic E-state index is 0.0352. The number of likely N-dealkylation sites (tertiary alicyclic amines) is 1. The van der Waals surface area contributed by atoms with Crippen LogP contribution in [-0.4, -0.2) is 43.4 Å². The van der Waals surface area contributed by atoms with Crippen molar-refractivity contribution in [2.45, 2.75) is 45.6 Å². The number of hydrogen-bond acceptors (Lipinski definition) is 5. The van der Waals surface area contributed by atoms with Crippen LogP contribution in [0.15, 0.2) is 42.9 Å². The summed E-state index contributed by atoms with van der Waals surface area (Å²) in [7, 11) is 0. The van der Waals surface area contributed by atoms with E-state index in [9.17, 15) is 9.18 Å². The Bertz CT molecular complexity index is 1150. The molecule has 8 heteroatoms. The standard InChI is InChI=1S/C24H25FN6O/c1-16-5-7-23(31-28-9-10-29-31)19(12-16)24(32)30-11-3-4-17(2)22(30)8-6-21-20(25)13-18(14-26)15-27-21/h5,7,9-10,12-13,15,17,22H,3-4,6,8,11H2,1-2H3/t17-,22-/m1/s1. The van der Waals surface area contributed by atoms with Gasteiger partial charge in [-0.3, -0.25) is 9.78 Å². The molecule has 2 aromatic heterocycles. The van der Waals surface area contributed by atoms with Crippen LogP contribution in [0.25, 0.3) is 5.69 Å². The zero-order valence-corrected chi connectivity index (χ0v) is 18.2. The smallest absolute Gasteiger partial charge is 0.256 e. The molecule has 4 rings (SSSR count). The number of nitriles is 1. The van der Waals surface area contributed by atoms with E-state index in [1.807, 2.05) is 36.1 Å². The lowest BCUT2D eigenvalue weighted by atomic mass is 9.86. The molecule has 1 saturated heterocycles. The highest BCUT2D eigenvalue weighted by atomic mass is 19.1. The van der Waals surface area contributed by atoms with Crippen molar-refractivity contribution in [3.8, 4) is 11.8 Å². The van der Waals surface area contributed by atoms with E-state index in [1.54, 1.807) is 12.4 Å². The van der Waals surface area contributed by atoms with Crippen molar-refractivity contribution in [2.75, 3.05) is 6.54 Å². The van der Waals surface area contributed by atoms with E-state index in [4.69, 9.17) is 5.26 Å². The van der Waals surface area contributed by atoms with Gasteiger partial charge < -0.3 is 4.90 Å². The molecule has 0 N–H and O–H groups in total. The molecular formula is C24H25FN6O. The minimum atomic E-state index is -0.476. The quantitative estimate of drug-likeness (QED) is 0.611. The summed E-state index contributed by atoms with van der Waals surface area (Å²) >= 11 is 0. The summed E-state index contributed by atoms with van der Waals surface area (Å²) in [5.41, 5.74) is 2.71. The van der Waals surface area contributed by atoms with Crippen molar-refractivity contribution in [3.63, 3.8) is 0 Å². The van der Waals surface area contributed by atoms with Crippen molar-refractivity contribution >= 4 is 5.91 Å². The van der Waals surface area contributed by atoms with Crippen molar-refractivity contribution in [1.29, 1.82) is 5.26 Å². The molecule has 0 radical (unpaired) electrons. The van der Waals surface area contributed by atoms with E-state index < -0.39 is 5.82 Å². The number of aryl methyl sites for hydroxylation is 2. The van der Waals surface area contributed by atoms with Gasteiger partial charge in [-0.25, -0.2) is 4.39 Å². The van der Waals surface area contributed by atoms with E-state index in [0.29, 0.717) is 36.3 Å². The van der Waals surface area contributed by atoms with Gasteiger partial charge in [-0.1, -0.05) is 18.6 Å². The number of nitrogens with zero attached hydrogens (tertiary/aromatic N) is 6. The van der Waals surface area contributed by atoms with Gasteiger partial charge >= 0.3 is 0 Å². The second kappa shape index (κ2) is 9.27. The predicted molar refractivity (Wildman–Crippen MR) is 117 cm³/mol. The predicted octanol–water partition coefficient (Wildman–Crippen LogP) is 3.86. The molecule has 3 aromatic rings. The summed E-state index contributed by atoms with van der Waals surface area (Å²) < 4.78 is 14.4. The summed E-state index contributed by atoms with van der Waals surface area (Å²) in [5, 5.41) is 17.3. The maximum atomic E-state index is 14.4. The van der Waals surface area contributed by atoms with E-state index in [0.717, 1.165) is 18.4 Å². The van der Waals surface area contributed by atoms with E-state index in [1.165, 1.54) is 17.1 Å². The fraction of sp³-hybridized carbons (Fsp3) is 0.375. The Kier molecular flexibility index (Phi) is 6.26. The molecule has 164 valence electrons. The number of halogens is 1. The summed E-state index contributed by atoms with van der Waals surface area (Å²) in [6.45, 7) is 4.74. The zero-order valence-electron chi connectivity index (χ0n) is 18.2. The van der Waals surface area contributed by atoms with Crippen LogP contribution in [0, 0.1) is 30.0 Å². The maximum Gasteiger partial charge on any atom is 0.256 e. The average molecular weight is 433 g/mol. The van der Waals surface area contributed by atoms with Gasteiger partial charge in [0.05, 0.1) is 34.9 Å². The first-order chi connectivity index (χ1) is 15.5. The molecule has 3 heterocycles. The highest BCUT2D eigenvalue weighted by Gasteiger charge is 2.33. The molecule has 32 heavy (non-hydrogen) atoms. The number of pyridine rings is 1. The lowest BCUT2D eigenvalue weighted by Gasteiger charge is -2.40. The average Bonchev–Trinajstić information content (AvgIpc) is 3.33. The lowest BCUT2D eigenvalue weighted by Crippen LogP contribution is -2.48. The Balaban J connectivity index is 1.60. The molecule has 0 aliphatic carbocycles. The number of benzene rings is 1. The van der Waals surface area contributed by atoms with Crippen molar-refractivity contribution in [2.24, 2.45) is 5.92 Å². The SMILES string of the molecule is Cc1ccc(-n2nccn2)c(C(=O)N2CCC[C@@H](C)[C@H]2CCc2ncc(C#N)cc2F)c1. The second-order valence-corrected chi connectivity index (χ2v) is 8.33. The molecule has 0 saturated carbocycles. The number of piperidine rings is 1. The van der Waals surface area contributed by atoms with Crippen LogP contribution in [0.2, 0.25) is 0 Å². The molecule has 1 amide bonds. The molecular weight excluding hydrogens is 407 g/mol. The van der Waals surface area contributed by atoms with Crippen LogP contribution in [0.5, 0.6) is 0 Å². The number of carbonyl (C=O) groups excluding carboxylic acids is 1. The first kappa shape index (κ1) is 21.6. The van der Waals surface area contributed by atoms with Crippen molar-refractivity contribution in [1.82, 2.24) is 24.9 Å². The van der Waals surface area contributed by atoms with Crippen LogP contribution in [0.1, 0.15) is 53.4 Å². The number of aromatic nitrogens is 4. The molecule has 1 aliphatic rings. The number of hydrogen-bond donors (Lipinski definition) is 0. The molecule has 0 spiro atoms. The normalized spacial score (nSPS) is 18.4. The van der Waals surface area contributed by atoms with Crippen LogP contribution < -0.4 is 0 Å². The number of amides is 1. The Morgan fingerprint density at radius 2 is 2.06 bits per heavy atom. The van der Waals surface area contributed by atoms with Gasteiger partial charge in [-0.15, -0.1) is 0 Å². The molecule has 2 atom stereocenters. The van der Waals surface area contributed by atoms with Gasteiger partial charge in [0.15, 0.2) is 0 Å². The third-order valence-corrected chi connectivity index (χ3v) is 6.12. The fourth-order valence-electron chi connectivity index (χ4n) is 4.43. The van der Waals surface area contributed by atoms with E-state index >= 15 is 0 Å². The first-order valence-corrected chi connectivity index (χ1v) is 10.8. The van der Waals surface area contributed by atoms with Crippen LogP contribution >= 0.6 is 0 Å². The van der Waals surface area contributed by atoms with Gasteiger partial charge in [0.2, 0.25) is 0 Å². The Morgan fingerprint density at radius 3 is 2.78 bits per heavy atom. The van der Waals surface area contributed by atoms with Crippen molar-refractivity contribution < 1.29 is 9.18 Å². The summed E-state index contributed by atoms with van der Waals surface area (Å²) in [6, 6.07) is 8.75. The molecule has 1 fully saturated rings. The summed E-state index contributed by atoms with van der Waals surface area (Å²) in [6.07, 6.45) is 7.49. The Hall–Kier alpha value is -3.60. The molecule has 1 aromatic carbocycles. The first-order valence-electron chi connectivity index (χ1n) is 10.8. The van der Waals surface area contributed by atoms with Crippen molar-refractivity contribution in [3.05, 3.63) is 71.1 Å². The van der Waals surface area contributed by atoms with Gasteiger partial charge in [-0.2, -0.15) is 20.3 Å². The van der Waals surface area contributed by atoms with Gasteiger partial charge in [-0.05, 0) is 56.7 Å². The van der Waals surface area contributed by atoms with Gasteiger partial charge in [0.1, 0.15) is 11.9 Å². The van der Waals surface area contributed by atoms with Gasteiger partial charge in [0.25, 0.3) is 5.91 Å². The third-order valence-electron chi connectivity index (χ3n) is 6.12. The molecule has 1 aliphatic heterocycles. The van der Waals surface area contributed by atoms with E-state index in [-0.39, 0.29) is 23.4 Å². The summed E-state index contributed by atoms with van der Waals surface area (Å²) in [5.74, 6) is -0.257. The topological polar surface area (TPSA) is 87.7 Å². The molecule has 0 bridgehead atoms. The van der Waals surface area contributed by atoms with Gasteiger partial charge in [0, 0.05) is 18.8 Å². The van der Waals surface area contributed by atoms with Crippen LogP contribution in [-0.2, 0) is 6.42 Å². The largest absolute Gasteiger partial charge is 0.335 e. The highest BCUT2D eigenvalue weighted by Crippen LogP contribution is 2.30. The molecule has 7 nitrogen and oxygen atoms in total. The Morgan fingerprint density at radius 1 is 1.28 bits per heavy atom. The zero-order chi connectivity index (χ0) is 22.7. The third kappa shape index (κ3) is 4.37. The maximum absolute atomic E-state index is 14.4. The Labute approximate surface area is 186 Å². The number of carbonyl (C=O) groups is 1. The fourth-order valence-corrected chi connectivity index (χ4v) is 4.43. The van der Waals surface area contributed by atoms with Crippen LogP contribution in [0.3, 0.4) is 0 Å². The summed E-state index contributed by atoms with van der Waals surface area (Å²) in [4.78, 5) is 21.2. The monoisotopic (exact) mass is 432 g/mol. The van der Waals surface area contributed by atoms with E-state index in [2.05, 4.69) is 22.1 Å². The second-order valence-electron chi connectivity index (χ2n) is 8.33.